The van der Waals surface area contributed by atoms with Crippen LogP contribution in [0.5, 0.6) is 0 Å². The van der Waals surface area contributed by atoms with Crippen molar-refractivity contribution < 1.29 is 21.1 Å². The van der Waals surface area contributed by atoms with Crippen molar-refractivity contribution in [3.05, 3.63) is 10.9 Å². The largest absolute Gasteiger partial charge is 0.520 e. The molecule has 2 saturated carbocycles. The molecule has 0 saturated heterocycles. The monoisotopic (exact) mass is 599 g/mol. The van der Waals surface area contributed by atoms with Crippen LogP contribution in [0.2, 0.25) is 0 Å². The number of thioether (sulfide) groups is 2. The van der Waals surface area contributed by atoms with Gasteiger partial charge in [0.15, 0.2) is 33.1 Å². The zero-order valence-electron chi connectivity index (χ0n) is 14.9. The molecule has 2 aliphatic rings. The van der Waals surface area contributed by atoms with Gasteiger partial charge in [-0.05, 0) is 75.3 Å². The molecule has 0 aliphatic heterocycles. The SMILES string of the molecule is CSC(=[SH+])[N-]N=C1CCCCC1.CSC(=[SH+])[N-]N=C1CCCCC1.[Pt]. The minimum Gasteiger partial charge on any atom is -0.520 e. The van der Waals surface area contributed by atoms with Crippen LogP contribution >= 0.6 is 23.5 Å². The third kappa shape index (κ3) is 13.3. The molecule has 0 aromatic heterocycles. The summed E-state index contributed by atoms with van der Waals surface area (Å²) in [6, 6.07) is 0. The second-order valence-corrected chi connectivity index (χ2v) is 8.67. The fraction of sp³-hybridized carbons (Fsp3) is 0.750. The molecule has 0 spiro atoms. The van der Waals surface area contributed by atoms with Gasteiger partial charge in [-0.25, -0.2) is 0 Å². The Kier molecular flexibility index (Phi) is 17.0. The molecule has 0 heterocycles. The van der Waals surface area contributed by atoms with E-state index in [0.717, 1.165) is 34.3 Å². The van der Waals surface area contributed by atoms with E-state index in [4.69, 9.17) is 0 Å². The van der Waals surface area contributed by atoms with Crippen LogP contribution in [0.3, 0.4) is 0 Å². The summed E-state index contributed by atoms with van der Waals surface area (Å²) >= 11 is 11.3. The van der Waals surface area contributed by atoms with E-state index in [9.17, 15) is 0 Å². The Morgan fingerprint density at radius 2 is 1.04 bits per heavy atom. The Hall–Kier alpha value is 0.508. The second kappa shape index (κ2) is 16.7. The van der Waals surface area contributed by atoms with E-state index in [1.165, 1.54) is 73.5 Å². The van der Waals surface area contributed by atoms with Crippen LogP contribution in [0.25, 0.3) is 10.9 Å². The molecule has 0 aromatic carbocycles. The van der Waals surface area contributed by atoms with Gasteiger partial charge >= 0.3 is 0 Å². The molecule has 2 fully saturated rings. The van der Waals surface area contributed by atoms with Crippen LogP contribution in [0, 0.1) is 0 Å². The standard InChI is InChI=1S/2C8H14N2S2.Pt/c2*1-12-8(11)10-9-7-5-3-2-4-6-7;/h2*2-6H2,1H3,(H,10,11);. The predicted octanol–water partition coefficient (Wildman–Crippen LogP) is 4.82. The first-order chi connectivity index (χ1) is 11.7. The zero-order valence-corrected chi connectivity index (χ0v) is 20.6. The summed E-state index contributed by atoms with van der Waals surface area (Å²) in [6.45, 7) is 0. The summed E-state index contributed by atoms with van der Waals surface area (Å²) in [5.74, 6) is 0. The van der Waals surface area contributed by atoms with Crippen molar-refractivity contribution in [3.63, 3.8) is 0 Å². The van der Waals surface area contributed by atoms with Gasteiger partial charge in [0.05, 0.1) is 0 Å². The number of hydrogen-bond acceptors (Lipinski definition) is 4. The summed E-state index contributed by atoms with van der Waals surface area (Å²) in [4.78, 5) is 0. The number of hydrogen-bond donors (Lipinski definition) is 0. The Labute approximate surface area is 185 Å². The van der Waals surface area contributed by atoms with E-state index in [0.29, 0.717) is 0 Å². The Balaban J connectivity index is 0.000000443. The smallest absolute Gasteiger partial charge is 0.174 e. The van der Waals surface area contributed by atoms with Gasteiger partial charge in [-0.2, -0.15) is 0 Å². The molecule has 2 aliphatic carbocycles. The maximum atomic E-state index is 4.16. The van der Waals surface area contributed by atoms with Gasteiger partial charge in [0.1, 0.15) is 0 Å². The first kappa shape index (κ1) is 25.5. The van der Waals surface area contributed by atoms with E-state index in [-0.39, 0.29) is 21.1 Å². The summed E-state index contributed by atoms with van der Waals surface area (Å²) in [7, 11) is 0. The van der Waals surface area contributed by atoms with E-state index < -0.39 is 0 Å². The van der Waals surface area contributed by atoms with Gasteiger partial charge in [-0.3, -0.25) is 0 Å². The summed E-state index contributed by atoms with van der Waals surface area (Å²) in [5, 5.41) is 8.32. The van der Waals surface area contributed by atoms with Crippen molar-refractivity contribution in [2.24, 2.45) is 10.2 Å². The predicted molar refractivity (Wildman–Crippen MR) is 122 cm³/mol. The molecule has 0 atom stereocenters. The molecule has 25 heavy (non-hydrogen) atoms. The molecule has 0 radical (unpaired) electrons. The summed E-state index contributed by atoms with van der Waals surface area (Å²) in [5.41, 5.74) is 10.5. The van der Waals surface area contributed by atoms with E-state index >= 15 is 0 Å². The fourth-order valence-corrected chi connectivity index (χ4v) is 2.76. The molecular formula is C16H28N4PtS4. The quantitative estimate of drug-likeness (QED) is 0.198. The van der Waals surface area contributed by atoms with Crippen molar-refractivity contribution in [2.45, 2.75) is 64.2 Å². The van der Waals surface area contributed by atoms with Crippen molar-refractivity contribution >= 4 is 68.0 Å². The second-order valence-electron chi connectivity index (χ2n) is 5.63. The normalized spacial score (nSPS) is 16.6. The van der Waals surface area contributed by atoms with Crippen LogP contribution in [0.15, 0.2) is 10.2 Å². The van der Waals surface area contributed by atoms with Gasteiger partial charge in [0.25, 0.3) is 0 Å². The van der Waals surface area contributed by atoms with Crippen LogP contribution in [-0.4, -0.2) is 32.6 Å². The van der Waals surface area contributed by atoms with Gasteiger partial charge in [-0.15, -0.1) is 0 Å². The van der Waals surface area contributed by atoms with Gasteiger partial charge < -0.3 is 21.1 Å². The molecule has 0 N–H and O–H groups in total. The maximum Gasteiger partial charge on any atom is 0.174 e. The number of thiol groups is 2. The first-order valence-corrected chi connectivity index (χ1v) is 11.7. The maximum absolute atomic E-state index is 4.16. The minimum absolute atomic E-state index is 0. The molecule has 2 rings (SSSR count). The molecule has 0 unspecified atom stereocenters. The van der Waals surface area contributed by atoms with Crippen molar-refractivity contribution in [3.8, 4) is 0 Å². The fourth-order valence-electron chi connectivity index (χ4n) is 2.43. The van der Waals surface area contributed by atoms with Crippen LogP contribution in [-0.2, 0) is 45.5 Å². The number of nitrogens with zero attached hydrogens (tertiary/aromatic N) is 4. The Morgan fingerprint density at radius 3 is 1.32 bits per heavy atom. The molecule has 9 heteroatoms. The van der Waals surface area contributed by atoms with Crippen molar-refractivity contribution in [1.82, 2.24) is 0 Å². The molecule has 0 bridgehead atoms. The van der Waals surface area contributed by atoms with Crippen LogP contribution < -0.4 is 0 Å². The average Bonchev–Trinajstić information content (AvgIpc) is 2.66. The summed E-state index contributed by atoms with van der Waals surface area (Å²) < 4.78 is 1.49. The summed E-state index contributed by atoms with van der Waals surface area (Å²) in [6.07, 6.45) is 16.2. The molecule has 0 amide bonds. The topological polar surface area (TPSA) is 52.9 Å². The van der Waals surface area contributed by atoms with Gasteiger partial charge in [-0.1, -0.05) is 36.4 Å². The number of rotatable bonds is 2. The Bertz CT molecular complexity index is 411. The third-order valence-electron chi connectivity index (χ3n) is 3.78. The van der Waals surface area contributed by atoms with E-state index in [2.05, 4.69) is 45.5 Å². The van der Waals surface area contributed by atoms with Crippen molar-refractivity contribution in [1.29, 1.82) is 0 Å². The molecule has 146 valence electrons. The van der Waals surface area contributed by atoms with E-state index in [1.54, 1.807) is 0 Å². The van der Waals surface area contributed by atoms with Crippen LogP contribution in [0.4, 0.5) is 0 Å². The van der Waals surface area contributed by atoms with Crippen molar-refractivity contribution in [2.75, 3.05) is 12.5 Å². The van der Waals surface area contributed by atoms with Gasteiger partial charge in [0.2, 0.25) is 0 Å². The average molecular weight is 600 g/mol. The molecule has 4 nitrogen and oxygen atoms in total. The molecular weight excluding hydrogens is 572 g/mol. The Morgan fingerprint density at radius 1 is 0.720 bits per heavy atom. The van der Waals surface area contributed by atoms with Gasteiger partial charge in [0, 0.05) is 21.1 Å². The van der Waals surface area contributed by atoms with E-state index in [1.807, 2.05) is 12.5 Å². The zero-order chi connectivity index (χ0) is 17.6. The minimum atomic E-state index is 0. The third-order valence-corrected chi connectivity index (χ3v) is 5.95. The molecule has 0 aromatic rings. The first-order valence-electron chi connectivity index (χ1n) is 8.38. The van der Waals surface area contributed by atoms with Crippen LogP contribution in [0.1, 0.15) is 64.2 Å².